The minimum atomic E-state index is -0.197. The molecule has 0 unspecified atom stereocenters. The molecule has 0 aliphatic carbocycles. The van der Waals surface area contributed by atoms with E-state index in [2.05, 4.69) is 26.0 Å². The molecule has 0 atom stereocenters. The van der Waals surface area contributed by atoms with Crippen LogP contribution >= 0.6 is 0 Å². The zero-order valence-corrected chi connectivity index (χ0v) is 15.2. The zero-order chi connectivity index (χ0) is 18.8. The Labute approximate surface area is 153 Å². The lowest BCUT2D eigenvalue weighted by Gasteiger charge is -2.11. The number of nitrogens with one attached hydrogen (secondary N) is 3. The molecule has 0 radical (unpaired) electrons. The smallest absolute Gasteiger partial charge is 0.251 e. The van der Waals surface area contributed by atoms with Crippen LogP contribution in [0.5, 0.6) is 5.75 Å². The zero-order valence-electron chi connectivity index (χ0n) is 15.2. The summed E-state index contributed by atoms with van der Waals surface area (Å²) in [5, 5.41) is 22.8. The van der Waals surface area contributed by atoms with Crippen LogP contribution in [0.4, 0.5) is 0 Å². The second-order valence-corrected chi connectivity index (χ2v) is 5.73. The summed E-state index contributed by atoms with van der Waals surface area (Å²) >= 11 is 0. The lowest BCUT2D eigenvalue weighted by atomic mass is 10.2. The van der Waals surface area contributed by atoms with E-state index in [-0.39, 0.29) is 11.7 Å². The number of aromatic nitrogens is 2. The fourth-order valence-electron chi connectivity index (χ4n) is 2.30. The second kappa shape index (κ2) is 10.1. The number of amides is 1. The summed E-state index contributed by atoms with van der Waals surface area (Å²) in [5.41, 5.74) is 1.48. The number of hydrogen-bond donors (Lipinski definition) is 4. The van der Waals surface area contributed by atoms with Crippen LogP contribution in [0, 0.1) is 0 Å². The Hall–Kier alpha value is -3.03. The molecule has 0 saturated heterocycles. The Morgan fingerprint density at radius 2 is 2.04 bits per heavy atom. The number of phenols is 1. The molecule has 1 amide bonds. The molecule has 0 bridgehead atoms. The predicted molar refractivity (Wildman–Crippen MR) is 101 cm³/mol. The molecule has 2 rings (SSSR count). The van der Waals surface area contributed by atoms with Crippen molar-refractivity contribution in [1.29, 1.82) is 0 Å². The van der Waals surface area contributed by atoms with Crippen LogP contribution in [-0.2, 0) is 13.6 Å². The third-order valence-corrected chi connectivity index (χ3v) is 3.71. The van der Waals surface area contributed by atoms with Crippen molar-refractivity contribution >= 4 is 11.9 Å². The van der Waals surface area contributed by atoms with E-state index >= 15 is 0 Å². The molecule has 1 heterocycles. The van der Waals surface area contributed by atoms with Gasteiger partial charge in [0.25, 0.3) is 5.91 Å². The van der Waals surface area contributed by atoms with E-state index in [1.807, 2.05) is 20.0 Å². The molecule has 1 aromatic heterocycles. The van der Waals surface area contributed by atoms with Crippen molar-refractivity contribution in [1.82, 2.24) is 25.7 Å². The lowest BCUT2D eigenvalue weighted by Crippen LogP contribution is -2.38. The normalized spacial score (nSPS) is 11.2. The number of aromatic hydroxyl groups is 1. The minimum Gasteiger partial charge on any atom is -0.508 e. The van der Waals surface area contributed by atoms with Crippen LogP contribution in [0.3, 0.4) is 0 Å². The molecule has 26 heavy (non-hydrogen) atoms. The Bertz CT molecular complexity index is 741. The highest BCUT2D eigenvalue weighted by molar-refractivity contribution is 5.94. The lowest BCUT2D eigenvalue weighted by molar-refractivity contribution is 0.0953. The van der Waals surface area contributed by atoms with E-state index < -0.39 is 0 Å². The van der Waals surface area contributed by atoms with Crippen molar-refractivity contribution in [3.05, 3.63) is 47.8 Å². The highest BCUT2D eigenvalue weighted by Crippen LogP contribution is 2.10. The van der Waals surface area contributed by atoms with E-state index in [9.17, 15) is 9.90 Å². The number of nitrogens with zero attached hydrogens (tertiary/aromatic N) is 3. The van der Waals surface area contributed by atoms with Crippen molar-refractivity contribution in [3.63, 3.8) is 0 Å². The summed E-state index contributed by atoms with van der Waals surface area (Å²) in [4.78, 5) is 16.5. The first-order valence-electron chi connectivity index (χ1n) is 8.66. The van der Waals surface area contributed by atoms with Gasteiger partial charge in [-0.05, 0) is 37.6 Å². The van der Waals surface area contributed by atoms with E-state index in [1.165, 1.54) is 12.1 Å². The van der Waals surface area contributed by atoms with E-state index in [0.717, 1.165) is 24.6 Å². The van der Waals surface area contributed by atoms with Gasteiger partial charge in [0.2, 0.25) is 0 Å². The molecule has 2 aromatic rings. The average Bonchev–Trinajstić information content (AvgIpc) is 3.04. The second-order valence-electron chi connectivity index (χ2n) is 5.73. The monoisotopic (exact) mass is 358 g/mol. The molecular formula is C18H26N6O2. The largest absolute Gasteiger partial charge is 0.508 e. The molecule has 8 heteroatoms. The van der Waals surface area contributed by atoms with Crippen molar-refractivity contribution < 1.29 is 9.90 Å². The Kier molecular flexibility index (Phi) is 7.48. The molecule has 8 nitrogen and oxygen atoms in total. The number of carbonyl (C=O) groups is 1. The number of carbonyl (C=O) groups excluding carboxylic acids is 1. The van der Waals surface area contributed by atoms with Crippen molar-refractivity contribution in [3.8, 4) is 5.75 Å². The number of hydrogen-bond acceptors (Lipinski definition) is 4. The number of rotatable bonds is 8. The third kappa shape index (κ3) is 6.12. The molecule has 0 saturated carbocycles. The van der Waals surface area contributed by atoms with Crippen molar-refractivity contribution in [2.75, 3.05) is 19.6 Å². The fraction of sp³-hybridized carbons (Fsp3) is 0.389. The number of aryl methyl sites for hydroxylation is 1. The summed E-state index contributed by atoms with van der Waals surface area (Å²) in [6, 6.07) is 8.23. The van der Waals surface area contributed by atoms with E-state index in [1.54, 1.807) is 23.0 Å². The van der Waals surface area contributed by atoms with Crippen LogP contribution < -0.4 is 16.0 Å². The molecule has 0 aliphatic rings. The highest BCUT2D eigenvalue weighted by Gasteiger charge is 2.05. The predicted octanol–water partition coefficient (Wildman–Crippen LogP) is 1.00. The molecule has 4 N–H and O–H groups in total. The molecule has 0 spiro atoms. The quantitative estimate of drug-likeness (QED) is 0.320. The minimum absolute atomic E-state index is 0.0826. The maximum absolute atomic E-state index is 12.0. The van der Waals surface area contributed by atoms with Gasteiger partial charge >= 0.3 is 0 Å². The third-order valence-electron chi connectivity index (χ3n) is 3.71. The Balaban J connectivity index is 1.72. The van der Waals surface area contributed by atoms with Crippen LogP contribution in [-0.4, -0.2) is 46.4 Å². The Morgan fingerprint density at radius 1 is 1.23 bits per heavy atom. The SMILES string of the molecule is CCNC(=NCc1ccnn1C)NCCCNC(=O)c1cccc(O)c1. The maximum atomic E-state index is 12.0. The van der Waals surface area contributed by atoms with Gasteiger partial charge in [-0.15, -0.1) is 0 Å². The summed E-state index contributed by atoms with van der Waals surface area (Å²) in [6.45, 7) is 4.53. The molecule has 0 fully saturated rings. The number of phenolic OH excluding ortho intramolecular Hbond substituents is 1. The van der Waals surface area contributed by atoms with Crippen molar-refractivity contribution in [2.45, 2.75) is 19.9 Å². The Morgan fingerprint density at radius 3 is 2.73 bits per heavy atom. The van der Waals surface area contributed by atoms with Crippen LogP contribution in [0.2, 0.25) is 0 Å². The standard InChI is InChI=1S/C18H26N6O2/c1-3-19-18(22-13-15-8-11-23-24(15)2)21-10-5-9-20-17(26)14-6-4-7-16(25)12-14/h4,6-8,11-12,25H,3,5,9-10,13H2,1-2H3,(H,20,26)(H2,19,21,22). The average molecular weight is 358 g/mol. The van der Waals surface area contributed by atoms with Gasteiger partial charge in [-0.25, -0.2) is 4.99 Å². The van der Waals surface area contributed by atoms with Gasteiger partial charge in [0.05, 0.1) is 12.2 Å². The molecule has 1 aromatic carbocycles. The number of aliphatic imine (C=N–C) groups is 1. The van der Waals surface area contributed by atoms with Crippen molar-refractivity contribution in [2.24, 2.45) is 12.0 Å². The fourth-order valence-corrected chi connectivity index (χ4v) is 2.30. The summed E-state index contributed by atoms with van der Waals surface area (Å²) < 4.78 is 1.80. The van der Waals surface area contributed by atoms with Gasteiger partial charge in [0.15, 0.2) is 5.96 Å². The maximum Gasteiger partial charge on any atom is 0.251 e. The summed E-state index contributed by atoms with van der Waals surface area (Å²) in [5.74, 6) is 0.616. The van der Waals surface area contributed by atoms with Crippen LogP contribution in [0.15, 0.2) is 41.5 Å². The van der Waals surface area contributed by atoms with Gasteiger partial charge in [0, 0.05) is 38.4 Å². The summed E-state index contributed by atoms with van der Waals surface area (Å²) in [6.07, 6.45) is 2.50. The summed E-state index contributed by atoms with van der Waals surface area (Å²) in [7, 11) is 1.89. The van der Waals surface area contributed by atoms with Gasteiger partial charge in [-0.3, -0.25) is 9.48 Å². The molecular weight excluding hydrogens is 332 g/mol. The number of benzene rings is 1. The van der Waals surface area contributed by atoms with Crippen LogP contribution in [0.1, 0.15) is 29.4 Å². The van der Waals surface area contributed by atoms with Crippen LogP contribution in [0.25, 0.3) is 0 Å². The molecule has 0 aliphatic heterocycles. The molecule has 140 valence electrons. The van der Waals surface area contributed by atoms with Gasteiger partial charge in [0.1, 0.15) is 5.75 Å². The van der Waals surface area contributed by atoms with Gasteiger partial charge < -0.3 is 21.1 Å². The van der Waals surface area contributed by atoms with Gasteiger partial charge in [-0.2, -0.15) is 5.10 Å². The first-order valence-corrected chi connectivity index (χ1v) is 8.66. The van der Waals surface area contributed by atoms with E-state index in [4.69, 9.17) is 0 Å². The first-order chi connectivity index (χ1) is 12.6. The topological polar surface area (TPSA) is 104 Å². The number of guanidine groups is 1. The highest BCUT2D eigenvalue weighted by atomic mass is 16.3. The first kappa shape index (κ1) is 19.3. The van der Waals surface area contributed by atoms with Gasteiger partial charge in [-0.1, -0.05) is 6.07 Å². The van der Waals surface area contributed by atoms with E-state index in [0.29, 0.717) is 25.2 Å².